The third kappa shape index (κ3) is 4.32. The number of rotatable bonds is 4. The van der Waals surface area contributed by atoms with Gasteiger partial charge in [-0.1, -0.05) is 36.2 Å². The minimum Gasteiger partial charge on any atom is -0.324 e. The standard InChI is InChI=1S/C17H28N2/c1-13-4-7-19(8-5-13)9-6-17(18)16-11-14(2)10-15(3)12-16/h10-13,17H,4-9,18H2,1-3H3. The van der Waals surface area contributed by atoms with Gasteiger partial charge in [-0.25, -0.2) is 0 Å². The summed E-state index contributed by atoms with van der Waals surface area (Å²) in [6.07, 6.45) is 3.76. The maximum atomic E-state index is 6.35. The zero-order valence-corrected chi connectivity index (χ0v) is 12.7. The van der Waals surface area contributed by atoms with Crippen LogP contribution in [0.25, 0.3) is 0 Å². The number of nitrogens with zero attached hydrogens (tertiary/aromatic N) is 1. The largest absolute Gasteiger partial charge is 0.324 e. The Balaban J connectivity index is 1.85. The summed E-state index contributed by atoms with van der Waals surface area (Å²) in [7, 11) is 0. The van der Waals surface area contributed by atoms with Crippen LogP contribution in [-0.4, -0.2) is 24.5 Å². The Bertz CT molecular complexity index is 385. The van der Waals surface area contributed by atoms with Gasteiger partial charge in [0.2, 0.25) is 0 Å². The lowest BCUT2D eigenvalue weighted by molar-refractivity contribution is 0.187. The Morgan fingerprint density at radius 1 is 1.16 bits per heavy atom. The SMILES string of the molecule is Cc1cc(C)cc(C(N)CCN2CCC(C)CC2)c1. The van der Waals surface area contributed by atoms with E-state index in [0.717, 1.165) is 18.9 Å². The average molecular weight is 260 g/mol. The molecule has 0 aromatic heterocycles. The van der Waals surface area contributed by atoms with Crippen molar-refractivity contribution in [1.29, 1.82) is 0 Å². The molecule has 0 spiro atoms. The van der Waals surface area contributed by atoms with Gasteiger partial charge in [0, 0.05) is 6.04 Å². The Morgan fingerprint density at radius 3 is 2.32 bits per heavy atom. The summed E-state index contributed by atoms with van der Waals surface area (Å²) in [5.41, 5.74) is 10.3. The second-order valence-electron chi connectivity index (χ2n) is 6.34. The monoisotopic (exact) mass is 260 g/mol. The van der Waals surface area contributed by atoms with Crippen LogP contribution in [-0.2, 0) is 0 Å². The second kappa shape index (κ2) is 6.53. The first-order valence-corrected chi connectivity index (χ1v) is 7.60. The number of aryl methyl sites for hydroxylation is 2. The molecule has 0 bridgehead atoms. The van der Waals surface area contributed by atoms with Crippen LogP contribution in [0.4, 0.5) is 0 Å². The molecule has 2 N–H and O–H groups in total. The van der Waals surface area contributed by atoms with Gasteiger partial charge in [-0.05, 0) is 64.2 Å². The van der Waals surface area contributed by atoms with Crippen LogP contribution in [0.3, 0.4) is 0 Å². The molecule has 1 heterocycles. The third-order valence-electron chi connectivity index (χ3n) is 4.30. The van der Waals surface area contributed by atoms with E-state index in [1.165, 1.54) is 42.6 Å². The molecule has 19 heavy (non-hydrogen) atoms. The summed E-state index contributed by atoms with van der Waals surface area (Å²) < 4.78 is 0. The minimum atomic E-state index is 0.179. The topological polar surface area (TPSA) is 29.3 Å². The van der Waals surface area contributed by atoms with Crippen molar-refractivity contribution < 1.29 is 0 Å². The predicted octanol–water partition coefficient (Wildman–Crippen LogP) is 3.43. The van der Waals surface area contributed by atoms with Crippen molar-refractivity contribution in [3.63, 3.8) is 0 Å². The molecule has 1 aliphatic rings. The Hall–Kier alpha value is -0.860. The van der Waals surface area contributed by atoms with Gasteiger partial charge < -0.3 is 10.6 Å². The number of hydrogen-bond acceptors (Lipinski definition) is 2. The van der Waals surface area contributed by atoms with Crippen LogP contribution in [0.2, 0.25) is 0 Å². The van der Waals surface area contributed by atoms with Crippen LogP contribution >= 0.6 is 0 Å². The number of nitrogens with two attached hydrogens (primary N) is 1. The van der Waals surface area contributed by atoms with Crippen molar-refractivity contribution >= 4 is 0 Å². The van der Waals surface area contributed by atoms with Crippen molar-refractivity contribution in [3.05, 3.63) is 34.9 Å². The van der Waals surface area contributed by atoms with Gasteiger partial charge in [-0.15, -0.1) is 0 Å². The molecule has 2 heteroatoms. The van der Waals surface area contributed by atoms with E-state index in [1.807, 2.05) is 0 Å². The molecule has 2 rings (SSSR count). The zero-order chi connectivity index (χ0) is 13.8. The lowest BCUT2D eigenvalue weighted by Gasteiger charge is -2.31. The summed E-state index contributed by atoms with van der Waals surface area (Å²) in [4.78, 5) is 2.57. The molecule has 1 aromatic rings. The summed E-state index contributed by atoms with van der Waals surface area (Å²) in [6, 6.07) is 6.85. The first-order valence-electron chi connectivity index (χ1n) is 7.60. The smallest absolute Gasteiger partial charge is 0.0307 e. The molecule has 1 aromatic carbocycles. The van der Waals surface area contributed by atoms with Crippen LogP contribution in [0.15, 0.2) is 18.2 Å². The molecular formula is C17H28N2. The molecule has 1 unspecified atom stereocenters. The molecule has 0 aliphatic carbocycles. The van der Waals surface area contributed by atoms with E-state index in [2.05, 4.69) is 43.9 Å². The van der Waals surface area contributed by atoms with Crippen LogP contribution < -0.4 is 5.73 Å². The van der Waals surface area contributed by atoms with Crippen LogP contribution in [0.5, 0.6) is 0 Å². The van der Waals surface area contributed by atoms with Crippen molar-refractivity contribution in [3.8, 4) is 0 Å². The lowest BCUT2D eigenvalue weighted by atomic mass is 9.97. The van der Waals surface area contributed by atoms with Gasteiger partial charge in [0.25, 0.3) is 0 Å². The molecular weight excluding hydrogens is 232 g/mol. The van der Waals surface area contributed by atoms with Crippen LogP contribution in [0.1, 0.15) is 48.9 Å². The highest BCUT2D eigenvalue weighted by molar-refractivity contribution is 5.30. The molecule has 0 saturated carbocycles. The van der Waals surface area contributed by atoms with Gasteiger partial charge in [0.15, 0.2) is 0 Å². The van der Waals surface area contributed by atoms with Crippen molar-refractivity contribution in [2.75, 3.05) is 19.6 Å². The summed E-state index contributed by atoms with van der Waals surface area (Å²) in [6.45, 7) is 10.3. The van der Waals surface area contributed by atoms with E-state index in [-0.39, 0.29) is 6.04 Å². The maximum absolute atomic E-state index is 6.35. The van der Waals surface area contributed by atoms with E-state index in [1.54, 1.807) is 0 Å². The van der Waals surface area contributed by atoms with E-state index >= 15 is 0 Å². The number of hydrogen-bond donors (Lipinski definition) is 1. The van der Waals surface area contributed by atoms with E-state index in [9.17, 15) is 0 Å². The highest BCUT2D eigenvalue weighted by Gasteiger charge is 2.16. The maximum Gasteiger partial charge on any atom is 0.0307 e. The normalized spacial score (nSPS) is 19.6. The zero-order valence-electron chi connectivity index (χ0n) is 12.7. The molecule has 106 valence electrons. The fourth-order valence-electron chi connectivity index (χ4n) is 3.00. The summed E-state index contributed by atoms with van der Waals surface area (Å²) in [5.74, 6) is 0.907. The van der Waals surface area contributed by atoms with Crippen molar-refractivity contribution in [1.82, 2.24) is 4.90 Å². The Labute approximate surface area is 118 Å². The second-order valence-corrected chi connectivity index (χ2v) is 6.34. The molecule has 0 amide bonds. The first-order chi connectivity index (χ1) is 9.04. The quantitative estimate of drug-likeness (QED) is 0.898. The lowest BCUT2D eigenvalue weighted by Crippen LogP contribution is -2.34. The fraction of sp³-hybridized carbons (Fsp3) is 0.647. The molecule has 1 fully saturated rings. The average Bonchev–Trinajstić information content (AvgIpc) is 2.36. The molecule has 2 nitrogen and oxygen atoms in total. The van der Waals surface area contributed by atoms with E-state index < -0.39 is 0 Å². The fourth-order valence-corrected chi connectivity index (χ4v) is 3.00. The summed E-state index contributed by atoms with van der Waals surface area (Å²) in [5, 5.41) is 0. The molecule has 1 saturated heterocycles. The number of likely N-dealkylation sites (tertiary alicyclic amines) is 1. The van der Waals surface area contributed by atoms with Crippen molar-refractivity contribution in [2.24, 2.45) is 11.7 Å². The highest BCUT2D eigenvalue weighted by atomic mass is 15.1. The first kappa shape index (κ1) is 14.5. The van der Waals surface area contributed by atoms with E-state index in [0.29, 0.717) is 0 Å². The van der Waals surface area contributed by atoms with Gasteiger partial charge in [0.1, 0.15) is 0 Å². The van der Waals surface area contributed by atoms with Gasteiger partial charge in [0.05, 0.1) is 0 Å². The van der Waals surface area contributed by atoms with Gasteiger partial charge >= 0.3 is 0 Å². The number of benzene rings is 1. The molecule has 0 radical (unpaired) electrons. The Morgan fingerprint density at radius 2 is 1.74 bits per heavy atom. The summed E-state index contributed by atoms with van der Waals surface area (Å²) >= 11 is 0. The minimum absolute atomic E-state index is 0.179. The molecule has 1 atom stereocenters. The number of piperidine rings is 1. The van der Waals surface area contributed by atoms with Gasteiger partial charge in [-0.3, -0.25) is 0 Å². The van der Waals surface area contributed by atoms with E-state index in [4.69, 9.17) is 5.73 Å². The van der Waals surface area contributed by atoms with Crippen LogP contribution in [0, 0.1) is 19.8 Å². The Kier molecular flexibility index (Phi) is 5.00. The van der Waals surface area contributed by atoms with Crippen molar-refractivity contribution in [2.45, 2.75) is 46.1 Å². The highest BCUT2D eigenvalue weighted by Crippen LogP contribution is 2.20. The third-order valence-corrected chi connectivity index (χ3v) is 4.30. The van der Waals surface area contributed by atoms with Gasteiger partial charge in [-0.2, -0.15) is 0 Å². The predicted molar refractivity (Wildman–Crippen MR) is 82.3 cm³/mol. The molecule has 1 aliphatic heterocycles.